The molecule has 0 amide bonds. The normalized spacial score (nSPS) is 12.4. The minimum absolute atomic E-state index is 0.0656. The predicted molar refractivity (Wildman–Crippen MR) is 151 cm³/mol. The Bertz CT molecular complexity index is 805. The predicted octanol–water partition coefficient (Wildman–Crippen LogP) is 7.38. The molecule has 0 bridgehead atoms. The lowest BCUT2D eigenvalue weighted by atomic mass is 9.74. The number of hydrogen-bond acceptors (Lipinski definition) is 4. The summed E-state index contributed by atoms with van der Waals surface area (Å²) in [5, 5.41) is 19.0. The molecule has 2 N–H and O–H groups in total. The van der Waals surface area contributed by atoms with Gasteiger partial charge in [0.1, 0.15) is 0 Å². The summed E-state index contributed by atoms with van der Waals surface area (Å²) in [5.41, 5.74) is 0.451. The van der Waals surface area contributed by atoms with Crippen molar-refractivity contribution in [3.8, 4) is 5.88 Å². The van der Waals surface area contributed by atoms with Gasteiger partial charge in [-0.05, 0) is 69.1 Å². The fourth-order valence-corrected chi connectivity index (χ4v) is 5.86. The standard InChI is InChI=1S/C30H56N2O5/c1-6-29(7-2,20-15-17-27(34)35)18-11-13-23-37-24-14-12-19-30(8-3,9-4)21-16-22-32-26(33)25-31(10-5)28(32)36/h25,33H,6-24H2,1-5H3,(H,34,35). The van der Waals surface area contributed by atoms with E-state index in [-0.39, 0.29) is 28.8 Å². The number of imidazole rings is 1. The van der Waals surface area contributed by atoms with Gasteiger partial charge in [0.2, 0.25) is 5.88 Å². The van der Waals surface area contributed by atoms with Gasteiger partial charge in [0.05, 0.1) is 6.20 Å². The number of aryl methyl sites for hydroxylation is 1. The Morgan fingerprint density at radius 2 is 1.30 bits per heavy atom. The van der Waals surface area contributed by atoms with Crippen molar-refractivity contribution >= 4 is 5.97 Å². The third kappa shape index (κ3) is 11.3. The number of carboxylic acid groups (broad SMARTS) is 1. The van der Waals surface area contributed by atoms with E-state index in [0.29, 0.717) is 13.1 Å². The Hall–Kier alpha value is -1.76. The number of rotatable bonds is 23. The lowest BCUT2D eigenvalue weighted by Crippen LogP contribution is -2.25. The second kappa shape index (κ2) is 17.7. The first kappa shape index (κ1) is 33.3. The highest BCUT2D eigenvalue weighted by Crippen LogP contribution is 2.39. The molecule has 0 aliphatic heterocycles. The van der Waals surface area contributed by atoms with Crippen LogP contribution in [0.15, 0.2) is 11.0 Å². The summed E-state index contributed by atoms with van der Waals surface area (Å²) >= 11 is 0. The molecule has 0 saturated carbocycles. The molecule has 0 spiro atoms. The van der Waals surface area contributed by atoms with Crippen LogP contribution in [-0.2, 0) is 22.6 Å². The molecule has 0 unspecified atom stereocenters. The number of aromatic nitrogens is 2. The fraction of sp³-hybridized carbons (Fsp3) is 0.867. The topological polar surface area (TPSA) is 93.7 Å². The summed E-state index contributed by atoms with van der Waals surface area (Å²) in [6.07, 6.45) is 16.8. The maximum atomic E-state index is 12.3. The number of carbonyl (C=O) groups is 1. The van der Waals surface area contributed by atoms with Gasteiger partial charge < -0.3 is 14.9 Å². The number of nitrogens with zero attached hydrogens (tertiary/aromatic N) is 2. The maximum absolute atomic E-state index is 12.3. The molecule has 0 radical (unpaired) electrons. The van der Waals surface area contributed by atoms with Crippen LogP contribution in [0.4, 0.5) is 0 Å². The van der Waals surface area contributed by atoms with E-state index in [1.807, 2.05) is 6.92 Å². The Morgan fingerprint density at radius 1 is 0.811 bits per heavy atom. The average molecular weight is 525 g/mol. The molecule has 0 atom stereocenters. The van der Waals surface area contributed by atoms with Crippen molar-refractivity contribution in [2.24, 2.45) is 10.8 Å². The number of ether oxygens (including phenoxy) is 1. The first-order valence-electron chi connectivity index (χ1n) is 15.0. The lowest BCUT2D eigenvalue weighted by Gasteiger charge is -2.32. The van der Waals surface area contributed by atoms with E-state index in [9.17, 15) is 14.7 Å². The van der Waals surface area contributed by atoms with E-state index in [1.165, 1.54) is 17.2 Å². The molecular formula is C30H56N2O5. The summed E-state index contributed by atoms with van der Waals surface area (Å²) < 4.78 is 8.99. The van der Waals surface area contributed by atoms with Crippen LogP contribution in [0.5, 0.6) is 5.88 Å². The number of aromatic hydroxyl groups is 1. The highest BCUT2D eigenvalue weighted by molar-refractivity contribution is 5.66. The third-order valence-corrected chi connectivity index (χ3v) is 9.04. The molecule has 0 fully saturated rings. The SMILES string of the molecule is CCn1cc(O)n(CCCC(CC)(CC)CCCCOCCCCC(CC)(CC)CCCC(=O)O)c1=O. The largest absolute Gasteiger partial charge is 0.493 e. The number of unbranched alkanes of at least 4 members (excludes halogenated alkanes) is 2. The van der Waals surface area contributed by atoms with Crippen molar-refractivity contribution in [2.45, 2.75) is 144 Å². The average Bonchev–Trinajstić information content (AvgIpc) is 3.17. The van der Waals surface area contributed by atoms with Crippen LogP contribution in [-0.4, -0.2) is 38.5 Å². The summed E-state index contributed by atoms with van der Waals surface area (Å²) in [6, 6.07) is 0. The number of hydrogen-bond donors (Lipinski definition) is 2. The quantitative estimate of drug-likeness (QED) is 0.146. The molecule has 1 rings (SSSR count). The summed E-state index contributed by atoms with van der Waals surface area (Å²) in [4.78, 5) is 23.2. The molecule has 0 aromatic carbocycles. The van der Waals surface area contributed by atoms with Crippen molar-refractivity contribution in [3.63, 3.8) is 0 Å². The van der Waals surface area contributed by atoms with Crippen molar-refractivity contribution < 1.29 is 19.7 Å². The van der Waals surface area contributed by atoms with E-state index in [2.05, 4.69) is 27.7 Å². The van der Waals surface area contributed by atoms with Gasteiger partial charge in [0.25, 0.3) is 0 Å². The molecule has 0 aliphatic rings. The van der Waals surface area contributed by atoms with Gasteiger partial charge in [-0.25, -0.2) is 4.79 Å². The highest BCUT2D eigenvalue weighted by atomic mass is 16.5. The molecular weight excluding hydrogens is 468 g/mol. The van der Waals surface area contributed by atoms with Crippen LogP contribution in [0.25, 0.3) is 0 Å². The molecule has 0 saturated heterocycles. The minimum Gasteiger partial charge on any atom is -0.493 e. The van der Waals surface area contributed by atoms with Gasteiger partial charge in [-0.15, -0.1) is 0 Å². The molecule has 1 aromatic heterocycles. The zero-order valence-electron chi connectivity index (χ0n) is 24.5. The van der Waals surface area contributed by atoms with Crippen LogP contribution in [0, 0.1) is 10.8 Å². The second-order valence-electron chi connectivity index (χ2n) is 11.0. The maximum Gasteiger partial charge on any atom is 0.331 e. The third-order valence-electron chi connectivity index (χ3n) is 9.04. The van der Waals surface area contributed by atoms with Gasteiger partial charge in [-0.1, -0.05) is 66.2 Å². The molecule has 7 heteroatoms. The van der Waals surface area contributed by atoms with E-state index >= 15 is 0 Å². The Labute approximate surface area is 225 Å². The van der Waals surface area contributed by atoms with Gasteiger partial charge in [0, 0.05) is 32.7 Å². The molecule has 1 heterocycles. The zero-order valence-corrected chi connectivity index (χ0v) is 24.5. The number of aliphatic carboxylic acids is 1. The molecule has 1 aromatic rings. The van der Waals surface area contributed by atoms with Gasteiger partial charge in [0.15, 0.2) is 0 Å². The molecule has 7 nitrogen and oxygen atoms in total. The summed E-state index contributed by atoms with van der Waals surface area (Å²) in [7, 11) is 0. The fourth-order valence-electron chi connectivity index (χ4n) is 5.86. The van der Waals surface area contributed by atoms with Crippen LogP contribution in [0.2, 0.25) is 0 Å². The van der Waals surface area contributed by atoms with Crippen LogP contribution < -0.4 is 5.69 Å². The molecule has 216 valence electrons. The van der Waals surface area contributed by atoms with E-state index in [0.717, 1.165) is 96.7 Å². The Balaban J connectivity index is 2.29. The van der Waals surface area contributed by atoms with Crippen molar-refractivity contribution in [1.29, 1.82) is 0 Å². The Morgan fingerprint density at radius 3 is 1.73 bits per heavy atom. The minimum atomic E-state index is -0.690. The van der Waals surface area contributed by atoms with Crippen LogP contribution >= 0.6 is 0 Å². The lowest BCUT2D eigenvalue weighted by molar-refractivity contribution is -0.137. The van der Waals surface area contributed by atoms with Crippen LogP contribution in [0.1, 0.15) is 131 Å². The van der Waals surface area contributed by atoms with Crippen molar-refractivity contribution in [1.82, 2.24) is 9.13 Å². The first-order valence-corrected chi connectivity index (χ1v) is 15.0. The number of carboxylic acids is 1. The smallest absolute Gasteiger partial charge is 0.331 e. The zero-order chi connectivity index (χ0) is 27.7. The van der Waals surface area contributed by atoms with Crippen LogP contribution in [0.3, 0.4) is 0 Å². The van der Waals surface area contributed by atoms with E-state index in [1.54, 1.807) is 4.57 Å². The van der Waals surface area contributed by atoms with Crippen molar-refractivity contribution in [2.75, 3.05) is 13.2 Å². The van der Waals surface area contributed by atoms with Gasteiger partial charge in [-0.3, -0.25) is 13.9 Å². The monoisotopic (exact) mass is 524 g/mol. The first-order chi connectivity index (χ1) is 17.7. The van der Waals surface area contributed by atoms with Gasteiger partial charge >= 0.3 is 11.7 Å². The van der Waals surface area contributed by atoms with E-state index < -0.39 is 5.97 Å². The molecule has 0 aliphatic carbocycles. The van der Waals surface area contributed by atoms with Crippen molar-refractivity contribution in [3.05, 3.63) is 16.7 Å². The molecule has 37 heavy (non-hydrogen) atoms. The summed E-state index contributed by atoms with van der Waals surface area (Å²) in [6.45, 7) is 13.7. The second-order valence-corrected chi connectivity index (χ2v) is 11.0. The Kier molecular flexibility index (Phi) is 15.9. The highest BCUT2D eigenvalue weighted by Gasteiger charge is 2.26. The van der Waals surface area contributed by atoms with Gasteiger partial charge in [-0.2, -0.15) is 0 Å². The summed E-state index contributed by atoms with van der Waals surface area (Å²) in [5.74, 6) is -0.625. The van der Waals surface area contributed by atoms with E-state index in [4.69, 9.17) is 9.84 Å².